The molecule has 1 amide bonds. The van der Waals surface area contributed by atoms with Crippen molar-refractivity contribution < 1.29 is 22.7 Å². The number of carbonyl (C=O) groups excluding carboxylic acids is 1. The molecule has 0 saturated carbocycles. The van der Waals surface area contributed by atoms with Gasteiger partial charge in [-0.2, -0.15) is 18.3 Å². The Morgan fingerprint density at radius 2 is 1.92 bits per heavy atom. The number of rotatable bonds is 5. The van der Waals surface area contributed by atoms with Gasteiger partial charge in [0, 0.05) is 5.56 Å². The Kier molecular flexibility index (Phi) is 6.42. The van der Waals surface area contributed by atoms with Gasteiger partial charge in [-0.05, 0) is 50.2 Å². The molecule has 2 aromatic heterocycles. The fourth-order valence-corrected chi connectivity index (χ4v) is 4.56. The number of alkyl halides is 3. The van der Waals surface area contributed by atoms with Gasteiger partial charge in [0.05, 0.1) is 35.4 Å². The van der Waals surface area contributed by atoms with E-state index in [4.69, 9.17) is 15.6 Å². The summed E-state index contributed by atoms with van der Waals surface area (Å²) in [5, 5.41) is 11.3. The fraction of sp³-hybridized carbons (Fsp3) is 0.280. The molecular formula is C25H24F3N7O2. The Balaban J connectivity index is 1.52. The second kappa shape index (κ2) is 9.69. The number of nitrogen functional groups attached to an aromatic ring is 1. The van der Waals surface area contributed by atoms with Crippen LogP contribution < -0.4 is 21.1 Å². The molecule has 37 heavy (non-hydrogen) atoms. The number of hydrogen-bond acceptors (Lipinski definition) is 7. The molecule has 1 aliphatic heterocycles. The smallest absolute Gasteiger partial charge is 0.417 e. The summed E-state index contributed by atoms with van der Waals surface area (Å²) in [4.78, 5) is 21.3. The molecular weight excluding hydrogens is 487 g/mol. The number of amides is 1. The molecule has 1 saturated heterocycles. The summed E-state index contributed by atoms with van der Waals surface area (Å²) in [6.07, 6.45) is -1.50. The average molecular weight is 512 g/mol. The molecule has 0 aliphatic carbocycles. The van der Waals surface area contributed by atoms with Crippen molar-refractivity contribution in [3.05, 3.63) is 59.9 Å². The highest BCUT2D eigenvalue weighted by Gasteiger charge is 2.35. The van der Waals surface area contributed by atoms with E-state index in [0.29, 0.717) is 22.3 Å². The van der Waals surface area contributed by atoms with Crippen LogP contribution in [0.25, 0.3) is 22.3 Å². The Morgan fingerprint density at radius 3 is 2.65 bits per heavy atom. The molecule has 192 valence electrons. The third-order valence-corrected chi connectivity index (χ3v) is 6.37. The van der Waals surface area contributed by atoms with Gasteiger partial charge in [0.15, 0.2) is 5.65 Å². The minimum absolute atomic E-state index is 0.140. The SMILES string of the molecule is COc1cc(-c2nn(C3CCNCC3)c3ncnc(N)c23)ccc1NC(=O)c1ccccc1C(F)(F)F. The van der Waals surface area contributed by atoms with E-state index < -0.39 is 23.2 Å². The number of piperidine rings is 1. The molecule has 1 aliphatic rings. The van der Waals surface area contributed by atoms with E-state index in [2.05, 4.69) is 20.6 Å². The Morgan fingerprint density at radius 1 is 1.16 bits per heavy atom. The average Bonchev–Trinajstić information content (AvgIpc) is 3.30. The first-order valence-corrected chi connectivity index (χ1v) is 11.6. The molecule has 1 fully saturated rings. The molecule has 2 aromatic carbocycles. The van der Waals surface area contributed by atoms with Crippen LogP contribution in [0.2, 0.25) is 0 Å². The van der Waals surface area contributed by atoms with Crippen molar-refractivity contribution in [2.75, 3.05) is 31.2 Å². The van der Waals surface area contributed by atoms with Crippen molar-refractivity contribution >= 4 is 28.4 Å². The van der Waals surface area contributed by atoms with E-state index in [0.717, 1.165) is 38.1 Å². The van der Waals surface area contributed by atoms with Gasteiger partial charge in [-0.15, -0.1) is 0 Å². The van der Waals surface area contributed by atoms with Gasteiger partial charge in [-0.3, -0.25) is 4.79 Å². The van der Waals surface area contributed by atoms with Crippen LogP contribution in [0.15, 0.2) is 48.8 Å². The van der Waals surface area contributed by atoms with Gasteiger partial charge in [-0.25, -0.2) is 14.6 Å². The van der Waals surface area contributed by atoms with Crippen molar-refractivity contribution in [1.82, 2.24) is 25.1 Å². The number of fused-ring (bicyclic) bond motifs is 1. The lowest BCUT2D eigenvalue weighted by Crippen LogP contribution is -2.30. The summed E-state index contributed by atoms with van der Waals surface area (Å²) >= 11 is 0. The van der Waals surface area contributed by atoms with Crippen molar-refractivity contribution in [1.29, 1.82) is 0 Å². The summed E-state index contributed by atoms with van der Waals surface area (Å²) in [5.41, 5.74) is 6.72. The second-order valence-electron chi connectivity index (χ2n) is 8.64. The highest BCUT2D eigenvalue weighted by molar-refractivity contribution is 6.06. The number of hydrogen-bond donors (Lipinski definition) is 3. The minimum atomic E-state index is -4.67. The summed E-state index contributed by atoms with van der Waals surface area (Å²) in [7, 11) is 1.40. The first-order chi connectivity index (χ1) is 17.8. The monoisotopic (exact) mass is 511 g/mol. The molecule has 0 atom stereocenters. The largest absolute Gasteiger partial charge is 0.495 e. The molecule has 0 bridgehead atoms. The number of benzene rings is 2. The fourth-order valence-electron chi connectivity index (χ4n) is 4.56. The van der Waals surface area contributed by atoms with Crippen LogP contribution in [0.3, 0.4) is 0 Å². The minimum Gasteiger partial charge on any atom is -0.495 e. The van der Waals surface area contributed by atoms with E-state index in [9.17, 15) is 18.0 Å². The van der Waals surface area contributed by atoms with Crippen molar-refractivity contribution in [3.63, 3.8) is 0 Å². The van der Waals surface area contributed by atoms with Crippen LogP contribution in [-0.4, -0.2) is 45.9 Å². The molecule has 9 nitrogen and oxygen atoms in total. The lowest BCUT2D eigenvalue weighted by molar-refractivity contribution is -0.137. The lowest BCUT2D eigenvalue weighted by atomic mass is 10.1. The quantitative estimate of drug-likeness (QED) is 0.366. The first kappa shape index (κ1) is 24.5. The third kappa shape index (κ3) is 4.67. The van der Waals surface area contributed by atoms with Crippen molar-refractivity contribution in [3.8, 4) is 17.0 Å². The van der Waals surface area contributed by atoms with Crippen molar-refractivity contribution in [2.45, 2.75) is 25.1 Å². The summed E-state index contributed by atoms with van der Waals surface area (Å²) in [5.74, 6) is -0.382. The molecule has 0 spiro atoms. The maximum absolute atomic E-state index is 13.4. The Hall–Kier alpha value is -4.19. The number of ether oxygens (including phenoxy) is 1. The first-order valence-electron chi connectivity index (χ1n) is 11.6. The van der Waals surface area contributed by atoms with Crippen LogP contribution >= 0.6 is 0 Å². The molecule has 4 N–H and O–H groups in total. The predicted molar refractivity (Wildman–Crippen MR) is 132 cm³/mol. The number of aromatic nitrogens is 4. The number of nitrogens with two attached hydrogens (primary N) is 1. The maximum Gasteiger partial charge on any atom is 0.417 e. The predicted octanol–water partition coefficient (Wildman–Crippen LogP) is 4.28. The van der Waals surface area contributed by atoms with E-state index in [1.165, 1.54) is 25.6 Å². The van der Waals surface area contributed by atoms with Crippen LogP contribution in [0.4, 0.5) is 24.7 Å². The van der Waals surface area contributed by atoms with Gasteiger partial charge in [0.25, 0.3) is 5.91 Å². The molecule has 5 rings (SSSR count). The topological polar surface area (TPSA) is 120 Å². The Labute approximate surface area is 209 Å². The summed E-state index contributed by atoms with van der Waals surface area (Å²) in [6, 6.07) is 9.63. The van der Waals surface area contributed by atoms with E-state index in [1.54, 1.807) is 18.2 Å². The van der Waals surface area contributed by atoms with Gasteiger partial charge in [0.1, 0.15) is 23.6 Å². The number of nitrogens with zero attached hydrogens (tertiary/aromatic N) is 4. The highest BCUT2D eigenvalue weighted by atomic mass is 19.4. The maximum atomic E-state index is 13.4. The number of methoxy groups -OCH3 is 1. The zero-order valence-corrected chi connectivity index (χ0v) is 19.8. The summed E-state index contributed by atoms with van der Waals surface area (Å²) < 4.78 is 47.5. The highest BCUT2D eigenvalue weighted by Crippen LogP contribution is 2.37. The third-order valence-electron chi connectivity index (χ3n) is 6.37. The normalized spacial score (nSPS) is 14.6. The van der Waals surface area contributed by atoms with Gasteiger partial charge >= 0.3 is 6.18 Å². The molecule has 12 heteroatoms. The zero-order chi connectivity index (χ0) is 26.2. The van der Waals surface area contributed by atoms with Crippen LogP contribution in [0.5, 0.6) is 5.75 Å². The zero-order valence-electron chi connectivity index (χ0n) is 19.8. The van der Waals surface area contributed by atoms with E-state index >= 15 is 0 Å². The molecule has 3 heterocycles. The standard InChI is InChI=1S/C25H24F3N7O2/c1-37-19-12-14(6-7-18(19)33-24(36)16-4-2-3-5-17(16)25(26,27)28)21-20-22(29)31-13-32-23(20)35(34-21)15-8-10-30-11-9-15/h2-7,12-13,15,30H,8-11H2,1H3,(H,33,36)(H2,29,31,32). The van der Waals surface area contributed by atoms with Gasteiger partial charge < -0.3 is 21.1 Å². The molecule has 4 aromatic rings. The van der Waals surface area contributed by atoms with E-state index in [1.807, 2.05) is 4.68 Å². The lowest BCUT2D eigenvalue weighted by Gasteiger charge is -2.23. The number of anilines is 2. The van der Waals surface area contributed by atoms with Crippen LogP contribution in [0, 0.1) is 0 Å². The van der Waals surface area contributed by atoms with Crippen LogP contribution in [0.1, 0.15) is 34.8 Å². The summed E-state index contributed by atoms with van der Waals surface area (Å²) in [6.45, 7) is 1.73. The van der Waals surface area contributed by atoms with Crippen molar-refractivity contribution in [2.24, 2.45) is 0 Å². The molecule has 0 radical (unpaired) electrons. The van der Waals surface area contributed by atoms with Gasteiger partial charge in [0.2, 0.25) is 0 Å². The second-order valence-corrected chi connectivity index (χ2v) is 8.64. The Bertz CT molecular complexity index is 1460. The number of carbonyl (C=O) groups is 1. The van der Waals surface area contributed by atoms with E-state index in [-0.39, 0.29) is 23.3 Å². The van der Waals surface area contributed by atoms with Crippen LogP contribution in [-0.2, 0) is 6.18 Å². The van der Waals surface area contributed by atoms with Gasteiger partial charge in [-0.1, -0.05) is 18.2 Å². The number of halogens is 3. The number of nitrogens with one attached hydrogen (secondary N) is 2. The molecule has 0 unspecified atom stereocenters.